The third kappa shape index (κ3) is 5.27. The molecule has 34 heavy (non-hydrogen) atoms. The topological polar surface area (TPSA) is 92.3 Å². The molecule has 0 radical (unpaired) electrons. The number of aryl methyl sites for hydroxylation is 2. The van der Waals surface area contributed by atoms with E-state index in [4.69, 9.17) is 11.6 Å². The van der Waals surface area contributed by atoms with E-state index in [0.717, 1.165) is 21.0 Å². The predicted octanol–water partition coefficient (Wildman–Crippen LogP) is 5.31. The monoisotopic (exact) mass is 512 g/mol. The van der Waals surface area contributed by atoms with Crippen LogP contribution in [0, 0.1) is 13.8 Å². The first-order chi connectivity index (χ1) is 16.2. The number of hydrogen-bond donors (Lipinski definition) is 1. The number of amides is 1. The Labute approximate surface area is 207 Å². The van der Waals surface area contributed by atoms with Crippen molar-refractivity contribution in [2.45, 2.75) is 18.7 Å². The van der Waals surface area contributed by atoms with Gasteiger partial charge in [-0.15, -0.1) is 10.2 Å². The number of hydrogen-bond acceptors (Lipinski definition) is 6. The highest BCUT2D eigenvalue weighted by molar-refractivity contribution is 7.92. The second-order valence-corrected chi connectivity index (χ2v) is 10.8. The summed E-state index contributed by atoms with van der Waals surface area (Å²) in [6.45, 7) is 3.38. The molecule has 4 aromatic rings. The maximum absolute atomic E-state index is 13.5. The highest BCUT2D eigenvalue weighted by atomic mass is 35.5. The summed E-state index contributed by atoms with van der Waals surface area (Å²) in [5.41, 5.74) is 3.18. The lowest BCUT2D eigenvalue weighted by Crippen LogP contribution is -2.38. The zero-order valence-electron chi connectivity index (χ0n) is 18.4. The highest BCUT2D eigenvalue weighted by Gasteiger charge is 2.28. The van der Waals surface area contributed by atoms with Crippen molar-refractivity contribution in [3.63, 3.8) is 0 Å². The van der Waals surface area contributed by atoms with Crippen LogP contribution < -0.4 is 9.62 Å². The van der Waals surface area contributed by atoms with Crippen molar-refractivity contribution >= 4 is 49.7 Å². The third-order valence-electron chi connectivity index (χ3n) is 5.16. The second kappa shape index (κ2) is 9.92. The Morgan fingerprint density at radius 1 is 0.971 bits per heavy atom. The van der Waals surface area contributed by atoms with Gasteiger partial charge < -0.3 is 0 Å². The minimum atomic E-state index is -4.04. The van der Waals surface area contributed by atoms with E-state index in [1.807, 2.05) is 50.2 Å². The minimum absolute atomic E-state index is 0.0326. The Hall–Kier alpha value is -3.27. The van der Waals surface area contributed by atoms with Gasteiger partial charge in [0.1, 0.15) is 11.6 Å². The summed E-state index contributed by atoms with van der Waals surface area (Å²) in [5, 5.41) is 12.2. The molecule has 0 unspecified atom stereocenters. The van der Waals surface area contributed by atoms with Gasteiger partial charge >= 0.3 is 0 Å². The molecule has 0 saturated heterocycles. The number of anilines is 2. The summed E-state index contributed by atoms with van der Waals surface area (Å²) in [5.74, 6) is -0.536. The van der Waals surface area contributed by atoms with E-state index in [-0.39, 0.29) is 10.0 Å². The third-order valence-corrected chi connectivity index (χ3v) is 8.09. The average Bonchev–Trinajstić information content (AvgIpc) is 3.28. The first-order valence-corrected chi connectivity index (χ1v) is 12.9. The van der Waals surface area contributed by atoms with Gasteiger partial charge in [0.2, 0.25) is 11.0 Å². The molecule has 0 bridgehead atoms. The van der Waals surface area contributed by atoms with Crippen LogP contribution in [0.25, 0.3) is 10.6 Å². The Kier molecular flexibility index (Phi) is 6.97. The Morgan fingerprint density at radius 2 is 1.68 bits per heavy atom. The van der Waals surface area contributed by atoms with Gasteiger partial charge in [-0.2, -0.15) is 0 Å². The molecule has 10 heteroatoms. The van der Waals surface area contributed by atoms with Gasteiger partial charge in [-0.25, -0.2) is 8.42 Å². The van der Waals surface area contributed by atoms with E-state index in [1.165, 1.54) is 35.6 Å². The van der Waals surface area contributed by atoms with E-state index < -0.39 is 22.5 Å². The first-order valence-electron chi connectivity index (χ1n) is 10.3. The minimum Gasteiger partial charge on any atom is -0.299 e. The summed E-state index contributed by atoms with van der Waals surface area (Å²) in [6.07, 6.45) is 0. The van der Waals surface area contributed by atoms with E-state index in [2.05, 4.69) is 15.5 Å². The molecule has 0 spiro atoms. The molecule has 0 aliphatic rings. The van der Waals surface area contributed by atoms with Crippen LogP contribution in [0.2, 0.25) is 5.02 Å². The normalized spacial score (nSPS) is 11.3. The van der Waals surface area contributed by atoms with Gasteiger partial charge in [-0.3, -0.25) is 14.4 Å². The maximum Gasteiger partial charge on any atom is 0.264 e. The van der Waals surface area contributed by atoms with Crippen LogP contribution >= 0.6 is 22.9 Å². The van der Waals surface area contributed by atoms with Crippen LogP contribution in [0.4, 0.5) is 10.8 Å². The Morgan fingerprint density at radius 3 is 2.35 bits per heavy atom. The fraction of sp³-hybridized carbons (Fsp3) is 0.125. The molecule has 0 aliphatic carbocycles. The number of benzene rings is 3. The molecule has 4 rings (SSSR count). The van der Waals surface area contributed by atoms with Crippen LogP contribution in [-0.4, -0.2) is 31.1 Å². The van der Waals surface area contributed by atoms with Crippen molar-refractivity contribution in [2.24, 2.45) is 0 Å². The molecule has 3 aromatic carbocycles. The van der Waals surface area contributed by atoms with Crippen LogP contribution in [0.5, 0.6) is 0 Å². The summed E-state index contributed by atoms with van der Waals surface area (Å²) in [6, 6.07) is 20.5. The van der Waals surface area contributed by atoms with Crippen LogP contribution in [0.15, 0.2) is 77.7 Å². The van der Waals surface area contributed by atoms with Gasteiger partial charge in [-0.05, 0) is 61.4 Å². The van der Waals surface area contributed by atoms with Gasteiger partial charge in [0.25, 0.3) is 10.0 Å². The smallest absolute Gasteiger partial charge is 0.264 e. The number of rotatable bonds is 7. The largest absolute Gasteiger partial charge is 0.299 e. The number of nitrogens with one attached hydrogen (secondary N) is 1. The number of nitrogens with zero attached hydrogens (tertiary/aromatic N) is 3. The lowest BCUT2D eigenvalue weighted by atomic mass is 10.1. The molecular formula is C24H21ClN4O3S2. The first kappa shape index (κ1) is 23.9. The number of carbonyl (C=O) groups is 1. The molecule has 1 N–H and O–H groups in total. The second-order valence-electron chi connectivity index (χ2n) is 7.56. The van der Waals surface area contributed by atoms with Gasteiger partial charge in [0.05, 0.1) is 10.6 Å². The fourth-order valence-electron chi connectivity index (χ4n) is 3.19. The lowest BCUT2D eigenvalue weighted by molar-refractivity contribution is -0.114. The zero-order chi connectivity index (χ0) is 24.3. The van der Waals surface area contributed by atoms with Crippen molar-refractivity contribution in [1.82, 2.24) is 10.2 Å². The van der Waals surface area contributed by atoms with Crippen LogP contribution in [0.3, 0.4) is 0 Å². The Bertz CT molecular complexity index is 1420. The summed E-state index contributed by atoms with van der Waals surface area (Å²) >= 11 is 7.14. The highest BCUT2D eigenvalue weighted by Crippen LogP contribution is 2.28. The number of sulfonamides is 1. The van der Waals surface area contributed by atoms with E-state index in [1.54, 1.807) is 12.1 Å². The van der Waals surface area contributed by atoms with Gasteiger partial charge in [0, 0.05) is 10.6 Å². The summed E-state index contributed by atoms with van der Waals surface area (Å²) in [4.78, 5) is 13.0. The maximum atomic E-state index is 13.5. The summed E-state index contributed by atoms with van der Waals surface area (Å²) < 4.78 is 28.1. The van der Waals surface area contributed by atoms with Gasteiger partial charge in [0.15, 0.2) is 0 Å². The SMILES string of the molecule is Cc1ccc(N(CC(=O)Nc2nnc(-c3ccccc3)s2)S(=O)(=O)c2ccc(Cl)cc2)cc1C. The van der Waals surface area contributed by atoms with E-state index in [9.17, 15) is 13.2 Å². The molecule has 174 valence electrons. The predicted molar refractivity (Wildman–Crippen MR) is 136 cm³/mol. The number of halogens is 1. The molecule has 1 aromatic heterocycles. The van der Waals surface area contributed by atoms with Crippen molar-refractivity contribution in [2.75, 3.05) is 16.2 Å². The number of aromatic nitrogens is 2. The Balaban J connectivity index is 1.62. The molecule has 0 aliphatic heterocycles. The average molecular weight is 513 g/mol. The van der Waals surface area contributed by atoms with Gasteiger partial charge in [-0.1, -0.05) is 59.3 Å². The molecule has 7 nitrogen and oxygen atoms in total. The van der Waals surface area contributed by atoms with Crippen molar-refractivity contribution in [3.8, 4) is 10.6 Å². The quantitative estimate of drug-likeness (QED) is 0.362. The standard InChI is InChI=1S/C24H21ClN4O3S2/c1-16-8-11-20(14-17(16)2)29(34(31,32)21-12-9-19(25)10-13-21)15-22(30)26-24-28-27-23(33-24)18-6-4-3-5-7-18/h3-14H,15H2,1-2H3,(H,26,28,30). The lowest BCUT2D eigenvalue weighted by Gasteiger charge is -2.24. The zero-order valence-corrected chi connectivity index (χ0v) is 20.8. The van der Waals surface area contributed by atoms with Crippen molar-refractivity contribution < 1.29 is 13.2 Å². The molecule has 1 amide bonds. The molecule has 0 fully saturated rings. The van der Waals surface area contributed by atoms with Crippen molar-refractivity contribution in [3.05, 3.63) is 88.9 Å². The van der Waals surface area contributed by atoms with E-state index >= 15 is 0 Å². The molecular weight excluding hydrogens is 492 g/mol. The molecule has 0 saturated carbocycles. The summed E-state index contributed by atoms with van der Waals surface area (Å²) in [7, 11) is -4.04. The molecule has 0 atom stereocenters. The number of carbonyl (C=O) groups excluding carboxylic acids is 1. The van der Waals surface area contributed by atoms with Crippen LogP contribution in [0.1, 0.15) is 11.1 Å². The van der Waals surface area contributed by atoms with E-state index in [0.29, 0.717) is 15.7 Å². The van der Waals surface area contributed by atoms with Crippen LogP contribution in [-0.2, 0) is 14.8 Å². The van der Waals surface area contributed by atoms with Crippen molar-refractivity contribution in [1.29, 1.82) is 0 Å². The fourth-order valence-corrected chi connectivity index (χ4v) is 5.49. The molecule has 1 heterocycles.